The number of ether oxygens (including phenoxy) is 1. The van der Waals surface area contributed by atoms with E-state index < -0.39 is 6.10 Å². The van der Waals surface area contributed by atoms with Gasteiger partial charge in [-0.1, -0.05) is 38.1 Å². The van der Waals surface area contributed by atoms with E-state index in [-0.39, 0.29) is 5.91 Å². The quantitative estimate of drug-likeness (QED) is 0.646. The molecule has 0 radical (unpaired) electrons. The molecule has 1 aliphatic heterocycles. The number of carbonyl (C=O) groups is 1. The molecule has 6 heteroatoms. The Bertz CT molecular complexity index is 1010. The van der Waals surface area contributed by atoms with Crippen LogP contribution in [-0.2, 0) is 4.79 Å². The molecule has 1 saturated heterocycles. The molecule has 0 saturated carbocycles. The number of aromatic nitrogens is 2. The van der Waals surface area contributed by atoms with E-state index in [1.807, 2.05) is 54.4 Å². The van der Waals surface area contributed by atoms with E-state index in [0.717, 1.165) is 35.7 Å². The van der Waals surface area contributed by atoms with E-state index in [1.54, 1.807) is 0 Å². The molecule has 1 fully saturated rings. The lowest BCUT2D eigenvalue weighted by molar-refractivity contribution is -0.138. The second-order valence-corrected chi connectivity index (χ2v) is 8.01. The molecule has 30 heavy (non-hydrogen) atoms. The molecule has 0 N–H and O–H groups in total. The van der Waals surface area contributed by atoms with Crippen LogP contribution in [0.4, 0.5) is 5.82 Å². The van der Waals surface area contributed by atoms with Crippen molar-refractivity contribution >= 4 is 22.8 Å². The average Bonchev–Trinajstić information content (AvgIpc) is 2.78. The van der Waals surface area contributed by atoms with Gasteiger partial charge in [0.2, 0.25) is 0 Å². The molecule has 1 unspecified atom stereocenters. The Labute approximate surface area is 177 Å². The van der Waals surface area contributed by atoms with Crippen LogP contribution < -0.4 is 9.64 Å². The summed E-state index contributed by atoms with van der Waals surface area (Å²) in [5.74, 6) is 2.08. The van der Waals surface area contributed by atoms with Gasteiger partial charge in [0.15, 0.2) is 6.10 Å². The molecular formula is C24H28N4O2. The predicted molar refractivity (Wildman–Crippen MR) is 119 cm³/mol. The summed E-state index contributed by atoms with van der Waals surface area (Å²) in [6.45, 7) is 8.89. The molecule has 0 spiro atoms. The molecular weight excluding hydrogens is 376 g/mol. The molecule has 6 nitrogen and oxygen atoms in total. The van der Waals surface area contributed by atoms with E-state index in [1.165, 1.54) is 5.56 Å². The topological polar surface area (TPSA) is 58.6 Å². The SMILES string of the molecule is CC(Oc1ccc(C(C)C)cc1)C(=O)N1CCN(c2cnc3ccccc3n2)CC1. The fraction of sp³-hybridized carbons (Fsp3) is 0.375. The highest BCUT2D eigenvalue weighted by molar-refractivity contribution is 5.81. The number of rotatable bonds is 5. The number of hydrogen-bond donors (Lipinski definition) is 0. The van der Waals surface area contributed by atoms with E-state index in [2.05, 4.69) is 35.9 Å². The van der Waals surface area contributed by atoms with E-state index in [4.69, 9.17) is 9.72 Å². The van der Waals surface area contributed by atoms with Gasteiger partial charge >= 0.3 is 0 Å². The van der Waals surface area contributed by atoms with Gasteiger partial charge in [0.1, 0.15) is 11.6 Å². The maximum atomic E-state index is 12.9. The second-order valence-electron chi connectivity index (χ2n) is 8.01. The van der Waals surface area contributed by atoms with E-state index >= 15 is 0 Å². The third-order valence-electron chi connectivity index (χ3n) is 5.56. The largest absolute Gasteiger partial charge is 0.481 e. The molecule has 2 heterocycles. The normalized spacial score (nSPS) is 15.5. The standard InChI is InChI=1S/C24H28N4O2/c1-17(2)19-8-10-20(11-9-19)30-18(3)24(29)28-14-12-27(13-15-28)23-16-25-21-6-4-5-7-22(21)26-23/h4-11,16-18H,12-15H2,1-3H3. The number of hydrogen-bond acceptors (Lipinski definition) is 5. The maximum absolute atomic E-state index is 12.9. The molecule has 2 aromatic carbocycles. The number of anilines is 1. The summed E-state index contributed by atoms with van der Waals surface area (Å²) < 4.78 is 5.90. The maximum Gasteiger partial charge on any atom is 0.263 e. The third-order valence-corrected chi connectivity index (χ3v) is 5.56. The Morgan fingerprint density at radius 2 is 1.60 bits per heavy atom. The Morgan fingerprint density at radius 1 is 0.933 bits per heavy atom. The van der Waals surface area contributed by atoms with Crippen LogP contribution in [0.15, 0.2) is 54.7 Å². The summed E-state index contributed by atoms with van der Waals surface area (Å²) in [6, 6.07) is 15.9. The van der Waals surface area contributed by atoms with Gasteiger partial charge in [-0.15, -0.1) is 0 Å². The summed E-state index contributed by atoms with van der Waals surface area (Å²) in [5.41, 5.74) is 3.04. The minimum atomic E-state index is -0.512. The van der Waals surface area contributed by atoms with Gasteiger partial charge in [0.05, 0.1) is 17.2 Å². The van der Waals surface area contributed by atoms with Crippen LogP contribution in [0.2, 0.25) is 0 Å². The highest BCUT2D eigenvalue weighted by Gasteiger charge is 2.26. The smallest absolute Gasteiger partial charge is 0.263 e. The van der Waals surface area contributed by atoms with Crippen LogP contribution in [-0.4, -0.2) is 53.1 Å². The van der Waals surface area contributed by atoms with Crippen molar-refractivity contribution in [3.8, 4) is 5.75 Å². The number of benzene rings is 2. The van der Waals surface area contributed by atoms with Gasteiger partial charge in [0.25, 0.3) is 5.91 Å². The van der Waals surface area contributed by atoms with Crippen molar-refractivity contribution in [2.24, 2.45) is 0 Å². The summed E-state index contributed by atoms with van der Waals surface area (Å²) >= 11 is 0. The Balaban J connectivity index is 1.34. The lowest BCUT2D eigenvalue weighted by Crippen LogP contribution is -2.52. The first-order valence-electron chi connectivity index (χ1n) is 10.5. The summed E-state index contributed by atoms with van der Waals surface area (Å²) in [6.07, 6.45) is 1.30. The molecule has 4 rings (SSSR count). The van der Waals surface area contributed by atoms with Crippen molar-refractivity contribution in [1.29, 1.82) is 0 Å². The van der Waals surface area contributed by atoms with Crippen molar-refractivity contribution in [1.82, 2.24) is 14.9 Å². The lowest BCUT2D eigenvalue weighted by atomic mass is 10.0. The molecule has 1 aromatic heterocycles. The lowest BCUT2D eigenvalue weighted by Gasteiger charge is -2.36. The Hall–Kier alpha value is -3.15. The van der Waals surface area contributed by atoms with Gasteiger partial charge in [-0.3, -0.25) is 9.78 Å². The molecule has 1 atom stereocenters. The number of carbonyl (C=O) groups excluding carboxylic acids is 1. The average molecular weight is 405 g/mol. The van der Waals surface area contributed by atoms with Crippen molar-refractivity contribution in [2.75, 3.05) is 31.1 Å². The van der Waals surface area contributed by atoms with Gasteiger partial charge in [0, 0.05) is 26.2 Å². The van der Waals surface area contributed by atoms with Crippen LogP contribution in [0.1, 0.15) is 32.3 Å². The van der Waals surface area contributed by atoms with Crippen molar-refractivity contribution in [3.63, 3.8) is 0 Å². The fourth-order valence-electron chi connectivity index (χ4n) is 3.70. The minimum absolute atomic E-state index is 0.0205. The molecule has 0 aliphatic carbocycles. The number of piperazine rings is 1. The number of nitrogens with zero attached hydrogens (tertiary/aromatic N) is 4. The first-order chi connectivity index (χ1) is 14.5. The molecule has 1 aliphatic rings. The zero-order valence-electron chi connectivity index (χ0n) is 17.8. The first kappa shape index (κ1) is 20.1. The predicted octanol–water partition coefficient (Wildman–Crippen LogP) is 3.87. The number of fused-ring (bicyclic) bond motifs is 1. The van der Waals surface area contributed by atoms with Crippen LogP contribution in [0.25, 0.3) is 11.0 Å². The summed E-state index contributed by atoms with van der Waals surface area (Å²) in [4.78, 5) is 26.1. The van der Waals surface area contributed by atoms with Gasteiger partial charge < -0.3 is 14.5 Å². The van der Waals surface area contributed by atoms with Crippen LogP contribution >= 0.6 is 0 Å². The Kier molecular flexibility index (Phi) is 5.84. The highest BCUT2D eigenvalue weighted by Crippen LogP contribution is 2.21. The van der Waals surface area contributed by atoms with Crippen molar-refractivity contribution in [2.45, 2.75) is 32.8 Å². The summed E-state index contributed by atoms with van der Waals surface area (Å²) in [5, 5.41) is 0. The van der Waals surface area contributed by atoms with Crippen LogP contribution in [0.5, 0.6) is 5.75 Å². The van der Waals surface area contributed by atoms with Crippen molar-refractivity contribution < 1.29 is 9.53 Å². The molecule has 3 aromatic rings. The first-order valence-corrected chi connectivity index (χ1v) is 10.5. The Morgan fingerprint density at radius 3 is 2.27 bits per heavy atom. The molecule has 1 amide bonds. The van der Waals surface area contributed by atoms with Crippen LogP contribution in [0, 0.1) is 0 Å². The van der Waals surface area contributed by atoms with E-state index in [9.17, 15) is 4.79 Å². The van der Waals surface area contributed by atoms with E-state index in [0.29, 0.717) is 19.0 Å². The highest BCUT2D eigenvalue weighted by atomic mass is 16.5. The number of amides is 1. The fourth-order valence-corrected chi connectivity index (χ4v) is 3.70. The molecule has 156 valence electrons. The van der Waals surface area contributed by atoms with Gasteiger partial charge in [-0.2, -0.15) is 0 Å². The third kappa shape index (κ3) is 4.37. The monoisotopic (exact) mass is 404 g/mol. The van der Waals surface area contributed by atoms with Crippen molar-refractivity contribution in [3.05, 3.63) is 60.3 Å². The zero-order chi connectivity index (χ0) is 21.1. The van der Waals surface area contributed by atoms with Gasteiger partial charge in [-0.25, -0.2) is 4.98 Å². The minimum Gasteiger partial charge on any atom is -0.481 e. The number of para-hydroxylation sites is 2. The second kappa shape index (κ2) is 8.69. The zero-order valence-corrected chi connectivity index (χ0v) is 17.8. The van der Waals surface area contributed by atoms with Crippen LogP contribution in [0.3, 0.4) is 0 Å². The molecule has 0 bridgehead atoms. The van der Waals surface area contributed by atoms with Gasteiger partial charge in [-0.05, 0) is 42.7 Å². The summed E-state index contributed by atoms with van der Waals surface area (Å²) in [7, 11) is 0.